The number of aromatic nitrogens is 1. The van der Waals surface area contributed by atoms with Crippen molar-refractivity contribution in [2.75, 3.05) is 0 Å². The van der Waals surface area contributed by atoms with Gasteiger partial charge in [0.05, 0.1) is 5.56 Å². The first-order valence-corrected chi connectivity index (χ1v) is 8.32. The third-order valence-corrected chi connectivity index (χ3v) is 4.40. The van der Waals surface area contributed by atoms with Crippen molar-refractivity contribution >= 4 is 5.78 Å². The number of aromatic hydroxyl groups is 1. The summed E-state index contributed by atoms with van der Waals surface area (Å²) >= 11 is 0. The van der Waals surface area contributed by atoms with Gasteiger partial charge in [-0.2, -0.15) is 5.26 Å². The van der Waals surface area contributed by atoms with Crippen molar-refractivity contribution < 1.29 is 14.6 Å². The highest BCUT2D eigenvalue weighted by molar-refractivity contribution is 6.03. The molecule has 2 aromatic rings. The molecule has 1 aromatic carbocycles. The minimum absolute atomic E-state index is 0.0741. The highest BCUT2D eigenvalue weighted by Crippen LogP contribution is 2.25. The van der Waals surface area contributed by atoms with Gasteiger partial charge in [-0.3, -0.25) is 14.2 Å². The molecule has 0 aliphatic rings. The number of ether oxygens (including phenoxy) is 1. The number of nitriles is 1. The van der Waals surface area contributed by atoms with Crippen LogP contribution in [0.5, 0.6) is 11.6 Å². The Morgan fingerprint density at radius 2 is 1.81 bits per heavy atom. The lowest BCUT2D eigenvalue weighted by Gasteiger charge is -2.18. The second kappa shape index (κ2) is 7.44. The number of hydrogen-bond donors (Lipinski definition) is 1. The van der Waals surface area contributed by atoms with Crippen LogP contribution in [0.2, 0.25) is 0 Å². The number of Topliss-reactive ketones (excluding diaryl/α,β-unsaturated/α-hetero) is 1. The van der Waals surface area contributed by atoms with Gasteiger partial charge < -0.3 is 9.84 Å². The quantitative estimate of drug-likeness (QED) is 0.833. The van der Waals surface area contributed by atoms with Crippen LogP contribution in [-0.4, -0.2) is 21.6 Å². The highest BCUT2D eigenvalue weighted by Gasteiger charge is 2.27. The summed E-state index contributed by atoms with van der Waals surface area (Å²) in [4.78, 5) is 24.8. The summed E-state index contributed by atoms with van der Waals surface area (Å²) in [6, 6.07) is 9.23. The molecule has 2 rings (SSSR count). The zero-order chi connectivity index (χ0) is 19.6. The van der Waals surface area contributed by atoms with Crippen LogP contribution in [-0.2, 0) is 7.05 Å². The van der Waals surface area contributed by atoms with Crippen molar-refractivity contribution in [2.24, 2.45) is 7.05 Å². The Morgan fingerprint density at radius 1 is 1.23 bits per heavy atom. The zero-order valence-electron chi connectivity index (χ0n) is 15.5. The summed E-state index contributed by atoms with van der Waals surface area (Å²) in [6.07, 6.45) is -0.895. The summed E-state index contributed by atoms with van der Waals surface area (Å²) in [6.45, 7) is 7.20. The molecule has 1 aromatic heterocycles. The van der Waals surface area contributed by atoms with E-state index in [0.29, 0.717) is 11.7 Å². The molecular formula is C20H22N2O4. The first-order valence-electron chi connectivity index (χ1n) is 8.32. The number of nitrogens with zero attached hydrogens (tertiary/aromatic N) is 2. The van der Waals surface area contributed by atoms with Crippen molar-refractivity contribution in [3.05, 3.63) is 56.9 Å². The largest absolute Gasteiger partial charge is 0.494 e. The van der Waals surface area contributed by atoms with E-state index in [-0.39, 0.29) is 16.7 Å². The van der Waals surface area contributed by atoms with Gasteiger partial charge in [0.1, 0.15) is 17.4 Å². The Kier molecular flexibility index (Phi) is 5.51. The molecule has 6 heteroatoms. The van der Waals surface area contributed by atoms with Crippen LogP contribution in [0.3, 0.4) is 0 Å². The lowest BCUT2D eigenvalue weighted by Crippen LogP contribution is -2.29. The molecule has 26 heavy (non-hydrogen) atoms. The van der Waals surface area contributed by atoms with E-state index in [1.165, 1.54) is 14.0 Å². The lowest BCUT2D eigenvalue weighted by atomic mass is 9.99. The van der Waals surface area contributed by atoms with Gasteiger partial charge in [-0.15, -0.1) is 0 Å². The molecule has 1 N–H and O–H groups in total. The number of hydrogen-bond acceptors (Lipinski definition) is 5. The Morgan fingerprint density at radius 3 is 2.31 bits per heavy atom. The summed E-state index contributed by atoms with van der Waals surface area (Å²) in [7, 11) is 1.31. The van der Waals surface area contributed by atoms with E-state index < -0.39 is 23.3 Å². The summed E-state index contributed by atoms with van der Waals surface area (Å²) in [5.74, 6) is -0.0578. The fourth-order valence-electron chi connectivity index (χ4n) is 2.70. The molecule has 1 heterocycles. The first-order chi connectivity index (χ1) is 12.2. The molecule has 0 aliphatic carbocycles. The minimum atomic E-state index is -0.895. The normalized spacial score (nSPS) is 11.9. The fraction of sp³-hybridized carbons (Fsp3) is 0.350. The first kappa shape index (κ1) is 19.3. The smallest absolute Gasteiger partial charge is 0.271 e. The minimum Gasteiger partial charge on any atom is -0.494 e. The molecule has 0 amide bonds. The maximum Gasteiger partial charge on any atom is 0.271 e. The maximum absolute atomic E-state index is 12.8. The standard InChI is InChI=1S/C20H22N2O4/c1-11(2)14-6-8-15(9-7-14)26-13(4)18(23)17-12(3)16(10-21)19(24)22(5)20(17)25/h6-9,11,13,25H,1-5H3. The fourth-order valence-corrected chi connectivity index (χ4v) is 2.70. The molecule has 0 saturated heterocycles. The van der Waals surface area contributed by atoms with Crippen LogP contribution in [0.15, 0.2) is 29.1 Å². The Labute approximate surface area is 152 Å². The van der Waals surface area contributed by atoms with E-state index in [9.17, 15) is 20.0 Å². The van der Waals surface area contributed by atoms with Crippen LogP contribution < -0.4 is 10.3 Å². The molecule has 0 fully saturated rings. The monoisotopic (exact) mass is 354 g/mol. The van der Waals surface area contributed by atoms with Crippen molar-refractivity contribution in [2.45, 2.75) is 39.7 Å². The predicted molar refractivity (Wildman–Crippen MR) is 97.8 cm³/mol. The van der Waals surface area contributed by atoms with Gasteiger partial charge >= 0.3 is 0 Å². The molecule has 0 radical (unpaired) electrons. The second-order valence-corrected chi connectivity index (χ2v) is 6.52. The Bertz CT molecular complexity index is 934. The van der Waals surface area contributed by atoms with Crippen LogP contribution in [0, 0.1) is 18.3 Å². The molecule has 0 spiro atoms. The van der Waals surface area contributed by atoms with Gasteiger partial charge in [-0.1, -0.05) is 26.0 Å². The predicted octanol–water partition coefficient (Wildman–Crippen LogP) is 3.04. The SMILES string of the molecule is Cc1c(C(=O)C(C)Oc2ccc(C(C)C)cc2)c(O)n(C)c(=O)c1C#N. The van der Waals surface area contributed by atoms with Gasteiger partial charge in [0, 0.05) is 7.05 Å². The van der Waals surface area contributed by atoms with Crippen molar-refractivity contribution in [1.29, 1.82) is 5.26 Å². The topological polar surface area (TPSA) is 92.3 Å². The van der Waals surface area contributed by atoms with E-state index >= 15 is 0 Å². The second-order valence-electron chi connectivity index (χ2n) is 6.52. The van der Waals surface area contributed by atoms with E-state index in [1.807, 2.05) is 12.1 Å². The summed E-state index contributed by atoms with van der Waals surface area (Å²) < 4.78 is 6.58. The number of pyridine rings is 1. The molecule has 1 atom stereocenters. The Hall–Kier alpha value is -3.07. The number of ketones is 1. The molecule has 0 saturated carbocycles. The summed E-state index contributed by atoms with van der Waals surface area (Å²) in [5, 5.41) is 19.4. The average molecular weight is 354 g/mol. The van der Waals surface area contributed by atoms with Crippen LogP contribution in [0.1, 0.15) is 53.7 Å². The lowest BCUT2D eigenvalue weighted by molar-refractivity contribution is 0.0812. The number of carbonyl (C=O) groups is 1. The van der Waals surface area contributed by atoms with Gasteiger partial charge in [0.2, 0.25) is 11.7 Å². The van der Waals surface area contributed by atoms with Crippen LogP contribution in [0.25, 0.3) is 0 Å². The van der Waals surface area contributed by atoms with Crippen molar-refractivity contribution in [3.63, 3.8) is 0 Å². The van der Waals surface area contributed by atoms with Crippen molar-refractivity contribution in [1.82, 2.24) is 4.57 Å². The van der Waals surface area contributed by atoms with Crippen LogP contribution >= 0.6 is 0 Å². The summed E-state index contributed by atoms with van der Waals surface area (Å²) in [5.41, 5.74) is 0.430. The molecule has 136 valence electrons. The van der Waals surface area contributed by atoms with Crippen molar-refractivity contribution in [3.8, 4) is 17.7 Å². The van der Waals surface area contributed by atoms with Gasteiger partial charge in [0.25, 0.3) is 5.56 Å². The highest BCUT2D eigenvalue weighted by atomic mass is 16.5. The average Bonchev–Trinajstić information content (AvgIpc) is 2.60. The zero-order valence-corrected chi connectivity index (χ0v) is 15.5. The molecular weight excluding hydrogens is 332 g/mol. The number of rotatable bonds is 5. The number of benzene rings is 1. The Balaban J connectivity index is 2.36. The van der Waals surface area contributed by atoms with E-state index in [4.69, 9.17) is 4.74 Å². The van der Waals surface area contributed by atoms with E-state index in [1.54, 1.807) is 25.1 Å². The van der Waals surface area contributed by atoms with Gasteiger partial charge in [-0.25, -0.2) is 0 Å². The molecule has 6 nitrogen and oxygen atoms in total. The van der Waals surface area contributed by atoms with Gasteiger partial charge in [0.15, 0.2) is 6.10 Å². The van der Waals surface area contributed by atoms with E-state index in [0.717, 1.165) is 10.1 Å². The third kappa shape index (κ3) is 3.47. The van der Waals surface area contributed by atoms with Gasteiger partial charge in [-0.05, 0) is 43.0 Å². The number of carbonyl (C=O) groups excluding carboxylic acids is 1. The maximum atomic E-state index is 12.8. The molecule has 0 aliphatic heterocycles. The molecule has 1 unspecified atom stereocenters. The third-order valence-electron chi connectivity index (χ3n) is 4.40. The molecule has 0 bridgehead atoms. The van der Waals surface area contributed by atoms with E-state index in [2.05, 4.69) is 13.8 Å². The van der Waals surface area contributed by atoms with Crippen LogP contribution in [0.4, 0.5) is 0 Å².